The van der Waals surface area contributed by atoms with Crippen LogP contribution in [-0.4, -0.2) is 22.2 Å². The average Bonchev–Trinajstić information content (AvgIpc) is 2.95. The van der Waals surface area contributed by atoms with E-state index < -0.39 is 11.0 Å². The predicted molar refractivity (Wildman–Crippen MR) is 128 cm³/mol. The predicted octanol–water partition coefficient (Wildman–Crippen LogP) is 6.28. The molecule has 2 aliphatic carbocycles. The Labute approximate surface area is 187 Å². The van der Waals surface area contributed by atoms with Crippen LogP contribution < -0.4 is 4.72 Å². The molecule has 2 saturated carbocycles. The number of ether oxygens (including phenoxy) is 1. The van der Waals surface area contributed by atoms with Gasteiger partial charge in [-0.15, -0.1) is 0 Å². The van der Waals surface area contributed by atoms with Gasteiger partial charge in [0.25, 0.3) is 0 Å². The molecule has 3 nitrogen and oxygen atoms in total. The lowest BCUT2D eigenvalue weighted by Crippen LogP contribution is -2.48. The van der Waals surface area contributed by atoms with E-state index in [1.807, 2.05) is 6.07 Å². The molecule has 0 radical (unpaired) electrons. The molecular weight excluding hydrogens is 390 g/mol. The van der Waals surface area contributed by atoms with E-state index in [-0.39, 0.29) is 39.1 Å². The molecule has 0 unspecified atom stereocenters. The zero-order valence-corrected chi connectivity index (χ0v) is 21.4. The summed E-state index contributed by atoms with van der Waals surface area (Å²) in [7, 11) is -1.18. The van der Waals surface area contributed by atoms with Crippen LogP contribution >= 0.6 is 0 Å². The Bertz CT molecular complexity index is 761. The number of nitrogens with one attached hydrogen (secondary N) is 1. The Kier molecular flexibility index (Phi) is 6.39. The van der Waals surface area contributed by atoms with Crippen molar-refractivity contribution in [1.29, 1.82) is 0 Å². The van der Waals surface area contributed by atoms with Gasteiger partial charge in [-0.1, -0.05) is 92.6 Å². The highest BCUT2D eigenvalue weighted by molar-refractivity contribution is 7.83. The summed E-state index contributed by atoms with van der Waals surface area (Å²) in [4.78, 5) is 0. The van der Waals surface area contributed by atoms with Gasteiger partial charge in [0.05, 0.1) is 28.9 Å². The quantitative estimate of drug-likeness (QED) is 0.573. The van der Waals surface area contributed by atoms with Gasteiger partial charge < -0.3 is 4.74 Å². The smallest absolute Gasteiger partial charge is 0.0982 e. The van der Waals surface area contributed by atoms with Crippen molar-refractivity contribution in [2.24, 2.45) is 27.6 Å². The van der Waals surface area contributed by atoms with Crippen LogP contribution in [0.15, 0.2) is 30.3 Å². The molecule has 0 saturated heterocycles. The fourth-order valence-corrected chi connectivity index (χ4v) is 7.94. The molecule has 1 aromatic rings. The molecule has 3 rings (SSSR count). The zero-order valence-electron chi connectivity index (χ0n) is 20.5. The van der Waals surface area contributed by atoms with Crippen LogP contribution in [0.1, 0.15) is 86.8 Å². The van der Waals surface area contributed by atoms with E-state index >= 15 is 0 Å². The van der Waals surface area contributed by atoms with Gasteiger partial charge >= 0.3 is 0 Å². The number of hydrogen-bond donors (Lipinski definition) is 1. The molecule has 170 valence electrons. The highest BCUT2D eigenvalue weighted by Gasteiger charge is 2.68. The molecular formula is C26H43NO2S. The first-order chi connectivity index (χ1) is 13.7. The second kappa shape index (κ2) is 8.01. The third-order valence-electron chi connectivity index (χ3n) is 7.87. The summed E-state index contributed by atoms with van der Waals surface area (Å²) in [6.07, 6.45) is 2.33. The lowest BCUT2D eigenvalue weighted by molar-refractivity contribution is -0.0675. The van der Waals surface area contributed by atoms with Crippen molar-refractivity contribution in [3.8, 4) is 0 Å². The summed E-state index contributed by atoms with van der Waals surface area (Å²) in [6, 6.07) is 10.5. The van der Waals surface area contributed by atoms with E-state index in [1.54, 1.807) is 0 Å². The highest BCUT2D eigenvalue weighted by Crippen LogP contribution is 2.67. The van der Waals surface area contributed by atoms with Gasteiger partial charge in [0.15, 0.2) is 0 Å². The van der Waals surface area contributed by atoms with E-state index in [0.717, 1.165) is 12.8 Å². The van der Waals surface area contributed by atoms with Gasteiger partial charge in [-0.05, 0) is 40.6 Å². The summed E-state index contributed by atoms with van der Waals surface area (Å²) in [6.45, 7) is 21.1. The van der Waals surface area contributed by atoms with Gasteiger partial charge in [0.2, 0.25) is 0 Å². The molecule has 0 heterocycles. The lowest BCUT2D eigenvalue weighted by atomic mass is 9.70. The Hall–Kier alpha value is -0.710. The molecule has 0 spiro atoms. The second-order valence-electron chi connectivity index (χ2n) is 12.7. The van der Waals surface area contributed by atoms with E-state index in [2.05, 4.69) is 91.3 Å². The van der Waals surface area contributed by atoms with Gasteiger partial charge in [-0.2, -0.15) is 0 Å². The van der Waals surface area contributed by atoms with Gasteiger partial charge in [0.1, 0.15) is 0 Å². The minimum absolute atomic E-state index is 0.0228. The monoisotopic (exact) mass is 433 g/mol. The van der Waals surface area contributed by atoms with E-state index in [9.17, 15) is 4.21 Å². The first-order valence-corrected chi connectivity index (χ1v) is 12.7. The minimum atomic E-state index is -1.18. The molecule has 4 heteroatoms. The SMILES string of the molecule is CC(C)(C)CO[C@@H]1[C@H]([S@@](=O)N[C@H](c2ccccc2)C(C)(C)C)[C@H]2CC[C@]1(C)C2(C)C. The summed E-state index contributed by atoms with van der Waals surface area (Å²) >= 11 is 0. The van der Waals surface area contributed by atoms with Crippen molar-refractivity contribution in [2.75, 3.05) is 6.61 Å². The van der Waals surface area contributed by atoms with Crippen LogP contribution in [0.25, 0.3) is 0 Å². The minimum Gasteiger partial charge on any atom is -0.376 e. The Morgan fingerprint density at radius 1 is 1.10 bits per heavy atom. The number of benzene rings is 1. The second-order valence-corrected chi connectivity index (χ2v) is 14.0. The molecule has 1 aromatic carbocycles. The molecule has 30 heavy (non-hydrogen) atoms. The largest absolute Gasteiger partial charge is 0.376 e. The van der Waals surface area contributed by atoms with Crippen molar-refractivity contribution in [3.05, 3.63) is 35.9 Å². The van der Waals surface area contributed by atoms with Crippen LogP contribution in [0.3, 0.4) is 0 Å². The van der Waals surface area contributed by atoms with E-state index in [4.69, 9.17) is 4.74 Å². The summed E-state index contributed by atoms with van der Waals surface area (Å²) < 4.78 is 24.1. The maximum atomic E-state index is 14.0. The normalized spacial score (nSPS) is 32.9. The van der Waals surface area contributed by atoms with E-state index in [0.29, 0.717) is 12.5 Å². The molecule has 6 atom stereocenters. The van der Waals surface area contributed by atoms with Crippen LogP contribution in [0, 0.1) is 27.6 Å². The van der Waals surface area contributed by atoms with Crippen LogP contribution in [-0.2, 0) is 15.7 Å². The highest BCUT2D eigenvalue weighted by atomic mass is 32.2. The van der Waals surface area contributed by atoms with Crippen molar-refractivity contribution in [2.45, 2.75) is 92.6 Å². The van der Waals surface area contributed by atoms with Crippen LogP contribution in [0.5, 0.6) is 0 Å². The van der Waals surface area contributed by atoms with Crippen LogP contribution in [0.2, 0.25) is 0 Å². The molecule has 1 N–H and O–H groups in total. The first kappa shape index (κ1) is 23.9. The lowest BCUT2D eigenvalue weighted by Gasteiger charge is -2.41. The molecule has 0 amide bonds. The molecule has 0 aliphatic heterocycles. The Balaban J connectivity index is 1.90. The standard InChI is InChI=1S/C26H43NO2S/c1-23(2,3)17-29-22-20(19-15-16-26(22,9)25(19,7)8)30(28)27-21(24(4,5)6)18-13-11-10-12-14-18/h10-14,19-22,27H,15-17H2,1-9H3/t19-,20-,21-,22-,26+,30-/m1/s1. The first-order valence-electron chi connectivity index (χ1n) is 11.5. The van der Waals surface area contributed by atoms with E-state index in [1.165, 1.54) is 5.56 Å². The van der Waals surface area contributed by atoms with Gasteiger partial charge in [0, 0.05) is 11.5 Å². The fraction of sp³-hybridized carbons (Fsp3) is 0.769. The maximum Gasteiger partial charge on any atom is 0.0982 e. The third-order valence-corrected chi connectivity index (χ3v) is 9.41. The summed E-state index contributed by atoms with van der Waals surface area (Å²) in [5.74, 6) is 0.414. The van der Waals surface area contributed by atoms with Gasteiger partial charge in [-0.3, -0.25) is 0 Å². The maximum absolute atomic E-state index is 14.0. The Morgan fingerprint density at radius 2 is 1.70 bits per heavy atom. The van der Waals surface area contributed by atoms with Crippen molar-refractivity contribution >= 4 is 11.0 Å². The molecule has 2 aliphatic rings. The molecule has 0 aromatic heterocycles. The average molecular weight is 434 g/mol. The number of fused-ring (bicyclic) bond motifs is 2. The summed E-state index contributed by atoms with van der Waals surface area (Å²) in [5.41, 5.74) is 1.44. The van der Waals surface area contributed by atoms with Crippen molar-refractivity contribution < 1.29 is 8.95 Å². The third kappa shape index (κ3) is 4.29. The molecule has 2 fully saturated rings. The zero-order chi connectivity index (χ0) is 22.5. The van der Waals surface area contributed by atoms with Crippen molar-refractivity contribution in [3.63, 3.8) is 0 Å². The fourth-order valence-electron chi connectivity index (χ4n) is 5.68. The Morgan fingerprint density at radius 3 is 2.23 bits per heavy atom. The number of rotatable bonds is 6. The van der Waals surface area contributed by atoms with Crippen molar-refractivity contribution in [1.82, 2.24) is 4.72 Å². The topological polar surface area (TPSA) is 38.3 Å². The molecule has 2 bridgehead atoms. The van der Waals surface area contributed by atoms with Crippen LogP contribution in [0.4, 0.5) is 0 Å². The number of hydrogen-bond acceptors (Lipinski definition) is 2. The summed E-state index contributed by atoms with van der Waals surface area (Å²) in [5, 5.41) is 0.0228. The van der Waals surface area contributed by atoms with Gasteiger partial charge in [-0.25, -0.2) is 8.93 Å².